The molecule has 2 bridgehead atoms. The number of benzene rings is 1. The molecule has 0 atom stereocenters. The van der Waals surface area contributed by atoms with Crippen molar-refractivity contribution in [2.45, 2.75) is 94.9 Å². The zero-order chi connectivity index (χ0) is 31.5. The maximum absolute atomic E-state index is 11.7. The molecule has 5 saturated carbocycles. The SMILES string of the molecule is O=C(O)c1cc2ccc(/C=C/C34CCC(OCc5c(-c6c(Cl)cncc6Cl)noc5C5CC5)(CC3)CC4)cc2c(OC2CCC2)n1. The van der Waals surface area contributed by atoms with E-state index < -0.39 is 5.97 Å². The molecule has 0 unspecified atom stereocenters. The zero-order valence-corrected chi connectivity index (χ0v) is 26.9. The molecule has 4 aromatic rings. The topological polar surface area (TPSA) is 108 Å². The van der Waals surface area contributed by atoms with Crippen molar-refractivity contribution in [1.29, 1.82) is 0 Å². The maximum atomic E-state index is 11.7. The molecule has 238 valence electrons. The molecular formula is C36H35Cl2N3O5. The van der Waals surface area contributed by atoms with Gasteiger partial charge in [-0.25, -0.2) is 9.78 Å². The second kappa shape index (κ2) is 11.7. The van der Waals surface area contributed by atoms with Crippen LogP contribution in [-0.2, 0) is 11.3 Å². The Morgan fingerprint density at radius 2 is 1.76 bits per heavy atom. The number of aromatic nitrogens is 3. The van der Waals surface area contributed by atoms with Crippen molar-refractivity contribution in [2.75, 3.05) is 0 Å². The Morgan fingerprint density at radius 1 is 1.02 bits per heavy atom. The van der Waals surface area contributed by atoms with Crippen LogP contribution in [0, 0.1) is 5.41 Å². The number of halogens is 2. The predicted octanol–water partition coefficient (Wildman–Crippen LogP) is 9.42. The highest BCUT2D eigenvalue weighted by molar-refractivity contribution is 6.38. The summed E-state index contributed by atoms with van der Waals surface area (Å²) in [5.74, 6) is 0.633. The van der Waals surface area contributed by atoms with E-state index in [2.05, 4.69) is 33.3 Å². The van der Waals surface area contributed by atoms with Crippen LogP contribution in [0.3, 0.4) is 0 Å². The number of pyridine rings is 2. The second-order valence-electron chi connectivity index (χ2n) is 13.6. The van der Waals surface area contributed by atoms with E-state index in [0.29, 0.717) is 39.7 Å². The number of hydrogen-bond acceptors (Lipinski definition) is 7. The largest absolute Gasteiger partial charge is 0.477 e. The Bertz CT molecular complexity index is 1820. The van der Waals surface area contributed by atoms with Crippen molar-refractivity contribution < 1.29 is 23.9 Å². The van der Waals surface area contributed by atoms with E-state index in [1.165, 1.54) is 0 Å². The Labute approximate surface area is 277 Å². The summed E-state index contributed by atoms with van der Waals surface area (Å²) < 4.78 is 18.8. The predicted molar refractivity (Wildman–Crippen MR) is 175 cm³/mol. The summed E-state index contributed by atoms with van der Waals surface area (Å²) in [6.07, 6.45) is 19.3. The fraction of sp³-hybridized carbons (Fsp3) is 0.444. The highest BCUT2D eigenvalue weighted by atomic mass is 35.5. The lowest BCUT2D eigenvalue weighted by atomic mass is 9.58. The molecule has 5 fully saturated rings. The average Bonchev–Trinajstić information content (AvgIpc) is 3.81. The van der Waals surface area contributed by atoms with Crippen LogP contribution in [0.1, 0.15) is 104 Å². The molecule has 0 spiro atoms. The van der Waals surface area contributed by atoms with Crippen molar-refractivity contribution in [3.05, 3.63) is 75.4 Å². The molecule has 1 aromatic carbocycles. The summed E-state index contributed by atoms with van der Waals surface area (Å²) >= 11 is 13.0. The minimum absolute atomic E-state index is 0.00750. The number of ether oxygens (including phenoxy) is 2. The van der Waals surface area contributed by atoms with Gasteiger partial charge in [0.1, 0.15) is 17.6 Å². The quantitative estimate of drug-likeness (QED) is 0.179. The van der Waals surface area contributed by atoms with E-state index in [0.717, 1.165) is 98.3 Å². The second-order valence-corrected chi connectivity index (χ2v) is 14.4. The Morgan fingerprint density at radius 3 is 2.41 bits per heavy atom. The van der Waals surface area contributed by atoms with Crippen LogP contribution >= 0.6 is 23.2 Å². The Hall–Kier alpha value is -3.46. The molecule has 8 nitrogen and oxygen atoms in total. The monoisotopic (exact) mass is 659 g/mol. The van der Waals surface area contributed by atoms with Gasteiger partial charge in [0, 0.05) is 34.8 Å². The van der Waals surface area contributed by atoms with E-state index in [1.807, 2.05) is 12.1 Å². The minimum atomic E-state index is -1.05. The van der Waals surface area contributed by atoms with Crippen LogP contribution in [0.5, 0.6) is 5.88 Å². The first-order valence-corrected chi connectivity index (χ1v) is 17.0. The van der Waals surface area contributed by atoms with Crippen LogP contribution in [0.2, 0.25) is 10.0 Å². The van der Waals surface area contributed by atoms with E-state index in [9.17, 15) is 9.90 Å². The lowest BCUT2D eigenvalue weighted by Crippen LogP contribution is -2.46. The van der Waals surface area contributed by atoms with Crippen LogP contribution in [-0.4, -0.2) is 37.9 Å². The summed E-state index contributed by atoms with van der Waals surface area (Å²) in [4.78, 5) is 20.1. The van der Waals surface area contributed by atoms with Crippen LogP contribution in [0.4, 0.5) is 0 Å². The fourth-order valence-corrected chi connectivity index (χ4v) is 7.83. The van der Waals surface area contributed by atoms with Crippen molar-refractivity contribution in [3.8, 4) is 17.1 Å². The average molecular weight is 661 g/mol. The fourth-order valence-electron chi connectivity index (χ4n) is 7.29. The molecule has 1 N–H and O–H groups in total. The molecule has 0 amide bonds. The first-order chi connectivity index (χ1) is 22.3. The number of rotatable bonds is 10. The summed E-state index contributed by atoms with van der Waals surface area (Å²) in [7, 11) is 0. The lowest BCUT2D eigenvalue weighted by molar-refractivity contribution is -0.133. The van der Waals surface area contributed by atoms with E-state index >= 15 is 0 Å². The summed E-state index contributed by atoms with van der Waals surface area (Å²) in [5.41, 5.74) is 3.30. The summed E-state index contributed by atoms with van der Waals surface area (Å²) in [6, 6.07) is 7.71. The van der Waals surface area contributed by atoms with Crippen molar-refractivity contribution in [3.63, 3.8) is 0 Å². The number of allylic oxidation sites excluding steroid dienone is 1. The highest BCUT2D eigenvalue weighted by Gasteiger charge is 2.48. The molecule has 3 aromatic heterocycles. The molecule has 10 heteroatoms. The molecule has 5 aliphatic carbocycles. The third kappa shape index (κ3) is 5.58. The molecule has 0 aliphatic heterocycles. The molecule has 5 aliphatic rings. The number of nitrogens with zero attached hydrogens (tertiary/aromatic N) is 3. The summed E-state index contributed by atoms with van der Waals surface area (Å²) in [5, 5.41) is 16.6. The van der Waals surface area contributed by atoms with Crippen LogP contribution < -0.4 is 4.74 Å². The number of carboxylic acids is 1. The van der Waals surface area contributed by atoms with E-state index in [1.54, 1.807) is 18.5 Å². The Balaban J connectivity index is 0.982. The van der Waals surface area contributed by atoms with Gasteiger partial charge >= 0.3 is 5.97 Å². The molecule has 0 saturated heterocycles. The molecule has 0 radical (unpaired) electrons. The van der Waals surface area contributed by atoms with E-state index in [4.69, 9.17) is 37.2 Å². The van der Waals surface area contributed by atoms with Crippen molar-refractivity contribution in [1.82, 2.24) is 15.1 Å². The highest BCUT2D eigenvalue weighted by Crippen LogP contribution is 2.55. The maximum Gasteiger partial charge on any atom is 0.354 e. The van der Waals surface area contributed by atoms with Crippen LogP contribution in [0.15, 0.2) is 47.3 Å². The van der Waals surface area contributed by atoms with E-state index in [-0.39, 0.29) is 22.8 Å². The third-order valence-electron chi connectivity index (χ3n) is 10.6. The molecule has 9 rings (SSSR count). The summed E-state index contributed by atoms with van der Waals surface area (Å²) in [6.45, 7) is 0.419. The zero-order valence-electron chi connectivity index (χ0n) is 25.4. The van der Waals surface area contributed by atoms with Gasteiger partial charge in [0.15, 0.2) is 5.69 Å². The Kier molecular flexibility index (Phi) is 7.58. The van der Waals surface area contributed by atoms with Gasteiger partial charge in [-0.15, -0.1) is 0 Å². The first kappa shape index (κ1) is 29.9. The number of hydrogen-bond donors (Lipinski definition) is 1. The number of carbonyl (C=O) groups is 1. The van der Waals surface area contributed by atoms with Gasteiger partial charge in [-0.2, -0.15) is 0 Å². The lowest BCUT2D eigenvalue weighted by Gasteiger charge is -2.52. The molecular weight excluding hydrogens is 625 g/mol. The number of aromatic carboxylic acids is 1. The van der Waals surface area contributed by atoms with Crippen molar-refractivity contribution in [2.24, 2.45) is 5.41 Å². The van der Waals surface area contributed by atoms with Gasteiger partial charge < -0.3 is 19.1 Å². The van der Waals surface area contributed by atoms with Crippen molar-refractivity contribution >= 4 is 46.0 Å². The smallest absolute Gasteiger partial charge is 0.354 e. The molecule has 3 heterocycles. The van der Waals surface area contributed by atoms with Gasteiger partial charge in [-0.3, -0.25) is 4.98 Å². The number of fused-ring (bicyclic) bond motifs is 4. The normalized spacial score (nSPS) is 24.5. The van der Waals surface area contributed by atoms with Crippen LogP contribution in [0.25, 0.3) is 28.1 Å². The third-order valence-corrected chi connectivity index (χ3v) is 11.2. The van der Waals surface area contributed by atoms with Gasteiger partial charge in [0.2, 0.25) is 5.88 Å². The number of carboxylic acid groups (broad SMARTS) is 1. The molecule has 46 heavy (non-hydrogen) atoms. The van der Waals surface area contributed by atoms with Gasteiger partial charge in [-0.05, 0) is 99.1 Å². The van der Waals surface area contributed by atoms with Gasteiger partial charge in [0.25, 0.3) is 0 Å². The minimum Gasteiger partial charge on any atom is -0.477 e. The first-order valence-electron chi connectivity index (χ1n) is 16.3. The van der Waals surface area contributed by atoms with Gasteiger partial charge in [0.05, 0.1) is 22.3 Å². The van der Waals surface area contributed by atoms with Gasteiger partial charge in [-0.1, -0.05) is 52.6 Å². The standard InChI is InChI=1S/C36H35Cl2N3O5/c37-27-18-39-19-28(38)30(27)31-26(32(46-41-31)22-6-7-22)20-44-36-13-10-35(11-14-36,12-15-36)9-8-21-4-5-23-17-29(34(42)43)40-33(25(23)16-21)45-24-2-1-3-24/h4-5,8-9,16-19,22,24H,1-3,6-7,10-15,20H2,(H,42,43)/b9-8+.